The van der Waals surface area contributed by atoms with Crippen molar-refractivity contribution in [2.45, 2.75) is 26.3 Å². The number of aromatic hydroxyl groups is 1. The van der Waals surface area contributed by atoms with E-state index < -0.39 is 0 Å². The molecule has 6 nitrogen and oxygen atoms in total. The Labute approximate surface area is 161 Å². The highest BCUT2D eigenvalue weighted by molar-refractivity contribution is 7.17. The van der Waals surface area contributed by atoms with Crippen LogP contribution in [0.15, 0.2) is 24.3 Å². The largest absolute Gasteiger partial charge is 0.492 e. The van der Waals surface area contributed by atoms with Crippen LogP contribution in [0.2, 0.25) is 0 Å². The Kier molecular flexibility index (Phi) is 5.12. The second-order valence-corrected chi connectivity index (χ2v) is 7.80. The summed E-state index contributed by atoms with van der Waals surface area (Å²) in [5, 5.41) is 15.3. The molecule has 0 bridgehead atoms. The van der Waals surface area contributed by atoms with E-state index >= 15 is 0 Å². The van der Waals surface area contributed by atoms with E-state index in [1.54, 1.807) is 12.1 Å². The third-order valence-electron chi connectivity index (χ3n) is 5.21. The lowest BCUT2D eigenvalue weighted by atomic mass is 10.0. The fourth-order valence-electron chi connectivity index (χ4n) is 3.63. The van der Waals surface area contributed by atoms with Gasteiger partial charge in [-0.05, 0) is 24.2 Å². The van der Waals surface area contributed by atoms with Crippen LogP contribution in [0.3, 0.4) is 0 Å². The van der Waals surface area contributed by atoms with Gasteiger partial charge in [0.2, 0.25) is 10.8 Å². The normalized spacial score (nSPS) is 17.6. The molecule has 1 fully saturated rings. The van der Waals surface area contributed by atoms with E-state index in [0.29, 0.717) is 4.96 Å². The average molecular weight is 390 g/mol. The highest BCUT2D eigenvalue weighted by atomic mass is 32.1. The van der Waals surface area contributed by atoms with Gasteiger partial charge in [-0.3, -0.25) is 4.90 Å². The van der Waals surface area contributed by atoms with E-state index in [4.69, 9.17) is 0 Å². The molecule has 1 aromatic carbocycles. The minimum atomic E-state index is -0.257. The number of likely N-dealkylation sites (N-methyl/N-ethyl adjacent to an activating group) is 1. The third kappa shape index (κ3) is 3.44. The van der Waals surface area contributed by atoms with Gasteiger partial charge in [0, 0.05) is 32.6 Å². The lowest BCUT2D eigenvalue weighted by molar-refractivity contribution is 0.113. The van der Waals surface area contributed by atoms with E-state index in [9.17, 15) is 9.50 Å². The molecule has 0 saturated carbocycles. The van der Waals surface area contributed by atoms with Crippen molar-refractivity contribution in [3.8, 4) is 5.88 Å². The van der Waals surface area contributed by atoms with Crippen LogP contribution in [-0.4, -0.2) is 62.2 Å². The van der Waals surface area contributed by atoms with Crippen LogP contribution in [-0.2, 0) is 6.42 Å². The van der Waals surface area contributed by atoms with Crippen LogP contribution in [0.5, 0.6) is 5.88 Å². The Hall–Kier alpha value is -2.03. The number of aryl methyl sites for hydroxylation is 1. The first-order valence-corrected chi connectivity index (χ1v) is 10.2. The SMILES string of the molecule is CCc1nc2sc([C@@H](c3ccc(F)cc3)N3CCN(CC)CC3)c(O)n2n1. The van der Waals surface area contributed by atoms with Gasteiger partial charge in [-0.1, -0.05) is 37.3 Å². The maximum atomic E-state index is 13.5. The monoisotopic (exact) mass is 389 g/mol. The van der Waals surface area contributed by atoms with Crippen molar-refractivity contribution in [3.63, 3.8) is 0 Å². The molecule has 8 heteroatoms. The Balaban J connectivity index is 1.74. The summed E-state index contributed by atoms with van der Waals surface area (Å²) >= 11 is 1.46. The van der Waals surface area contributed by atoms with Crippen molar-refractivity contribution in [2.75, 3.05) is 32.7 Å². The second-order valence-electron chi connectivity index (χ2n) is 6.79. The highest BCUT2D eigenvalue weighted by Gasteiger charge is 2.31. The van der Waals surface area contributed by atoms with Gasteiger partial charge in [0.05, 0.1) is 10.9 Å². The van der Waals surface area contributed by atoms with Gasteiger partial charge in [-0.25, -0.2) is 9.37 Å². The molecular formula is C19H24FN5OS. The van der Waals surface area contributed by atoms with Crippen molar-refractivity contribution in [2.24, 2.45) is 0 Å². The Bertz CT molecular complexity index is 914. The summed E-state index contributed by atoms with van der Waals surface area (Å²) in [5.74, 6) is 0.597. The molecule has 0 unspecified atom stereocenters. The summed E-state index contributed by atoms with van der Waals surface area (Å²) in [7, 11) is 0. The zero-order valence-electron chi connectivity index (χ0n) is 15.6. The van der Waals surface area contributed by atoms with Gasteiger partial charge in [-0.2, -0.15) is 4.52 Å². The lowest BCUT2D eigenvalue weighted by Crippen LogP contribution is -2.47. The zero-order valence-corrected chi connectivity index (χ0v) is 16.4. The summed E-state index contributed by atoms with van der Waals surface area (Å²) in [6.07, 6.45) is 0.726. The molecule has 1 atom stereocenters. The van der Waals surface area contributed by atoms with Crippen molar-refractivity contribution < 1.29 is 9.50 Å². The molecule has 0 amide bonds. The highest BCUT2D eigenvalue weighted by Crippen LogP contribution is 2.40. The molecule has 4 rings (SSSR count). The van der Waals surface area contributed by atoms with Crippen LogP contribution in [0.25, 0.3) is 4.96 Å². The molecule has 0 spiro atoms. The summed E-state index contributed by atoms with van der Waals surface area (Å²) in [5.41, 5.74) is 0.969. The number of thiazole rings is 1. The topological polar surface area (TPSA) is 56.9 Å². The van der Waals surface area contributed by atoms with Crippen LogP contribution >= 0.6 is 11.3 Å². The van der Waals surface area contributed by atoms with Crippen LogP contribution < -0.4 is 0 Å². The number of halogens is 1. The molecular weight excluding hydrogens is 365 g/mol. The number of piperazine rings is 1. The molecule has 1 aliphatic heterocycles. The fraction of sp³-hybridized carbons (Fsp3) is 0.474. The Morgan fingerprint density at radius 3 is 2.44 bits per heavy atom. The Morgan fingerprint density at radius 2 is 1.85 bits per heavy atom. The number of rotatable bonds is 5. The third-order valence-corrected chi connectivity index (χ3v) is 6.29. The van der Waals surface area contributed by atoms with Crippen molar-refractivity contribution >= 4 is 16.3 Å². The zero-order chi connectivity index (χ0) is 19.0. The van der Waals surface area contributed by atoms with Crippen molar-refractivity contribution in [1.29, 1.82) is 0 Å². The first kappa shape index (κ1) is 18.3. The molecule has 2 aromatic heterocycles. The average Bonchev–Trinajstić information content (AvgIpc) is 3.23. The Morgan fingerprint density at radius 1 is 1.15 bits per heavy atom. The van der Waals surface area contributed by atoms with Crippen molar-refractivity contribution in [3.05, 3.63) is 46.3 Å². The number of aromatic nitrogens is 3. The minimum absolute atomic E-state index is 0.134. The number of hydrogen-bond donors (Lipinski definition) is 1. The van der Waals surface area contributed by atoms with Gasteiger partial charge in [0.1, 0.15) is 5.82 Å². The van der Waals surface area contributed by atoms with Crippen LogP contribution in [0.4, 0.5) is 4.39 Å². The summed E-state index contributed by atoms with van der Waals surface area (Å²) in [6.45, 7) is 8.95. The van der Waals surface area contributed by atoms with E-state index in [1.165, 1.54) is 28.0 Å². The van der Waals surface area contributed by atoms with E-state index in [-0.39, 0.29) is 17.7 Å². The second kappa shape index (κ2) is 7.53. The van der Waals surface area contributed by atoms with Gasteiger partial charge >= 0.3 is 0 Å². The standard InChI is InChI=1S/C19H24FN5OS/c1-3-15-21-19-25(22-15)18(26)17(27-19)16(13-5-7-14(20)8-6-13)24-11-9-23(4-2)10-12-24/h5-8,16,26H,3-4,9-12H2,1-2H3/t16-/m1/s1. The van der Waals surface area contributed by atoms with Gasteiger partial charge in [-0.15, -0.1) is 5.10 Å². The smallest absolute Gasteiger partial charge is 0.230 e. The molecule has 3 heterocycles. The number of hydrogen-bond acceptors (Lipinski definition) is 6. The molecule has 0 aliphatic carbocycles. The molecule has 3 aromatic rings. The van der Waals surface area contributed by atoms with Gasteiger partial charge in [0.15, 0.2) is 5.82 Å². The van der Waals surface area contributed by atoms with E-state index in [2.05, 4.69) is 26.8 Å². The predicted octanol–water partition coefficient (Wildman–Crippen LogP) is 2.92. The van der Waals surface area contributed by atoms with Crippen LogP contribution in [0.1, 0.15) is 36.2 Å². The number of benzene rings is 1. The number of fused-ring (bicyclic) bond motifs is 1. The molecule has 1 aliphatic rings. The van der Waals surface area contributed by atoms with Crippen LogP contribution in [0, 0.1) is 5.82 Å². The summed E-state index contributed by atoms with van der Waals surface area (Å²) in [6, 6.07) is 6.43. The van der Waals surface area contributed by atoms with E-state index in [1.807, 2.05) is 6.92 Å². The molecule has 1 N–H and O–H groups in total. The van der Waals surface area contributed by atoms with E-state index in [0.717, 1.165) is 55.4 Å². The quantitative estimate of drug-likeness (QED) is 0.727. The first-order valence-electron chi connectivity index (χ1n) is 9.39. The molecule has 0 radical (unpaired) electrons. The fourth-order valence-corrected chi connectivity index (χ4v) is 4.77. The minimum Gasteiger partial charge on any atom is -0.492 e. The van der Waals surface area contributed by atoms with Crippen molar-refractivity contribution in [1.82, 2.24) is 24.4 Å². The summed E-state index contributed by atoms with van der Waals surface area (Å²) in [4.78, 5) is 10.8. The molecule has 1 saturated heterocycles. The molecule has 144 valence electrons. The predicted molar refractivity (Wildman–Crippen MR) is 104 cm³/mol. The first-order chi connectivity index (χ1) is 13.1. The maximum Gasteiger partial charge on any atom is 0.230 e. The lowest BCUT2D eigenvalue weighted by Gasteiger charge is -2.38. The van der Waals surface area contributed by atoms with Gasteiger partial charge in [0.25, 0.3) is 0 Å². The number of nitrogens with zero attached hydrogens (tertiary/aromatic N) is 5. The van der Waals surface area contributed by atoms with Gasteiger partial charge < -0.3 is 10.0 Å². The molecule has 27 heavy (non-hydrogen) atoms. The maximum absolute atomic E-state index is 13.5. The summed E-state index contributed by atoms with van der Waals surface area (Å²) < 4.78 is 15.0.